The normalized spacial score (nSPS) is 24.5. The zero-order valence-electron chi connectivity index (χ0n) is 23.1. The van der Waals surface area contributed by atoms with Crippen LogP contribution in [0.1, 0.15) is 19.3 Å². The summed E-state index contributed by atoms with van der Waals surface area (Å²) in [7, 11) is 3.77. The van der Waals surface area contributed by atoms with E-state index in [1.54, 1.807) is 25.3 Å². The maximum atomic E-state index is 16.7. The van der Waals surface area contributed by atoms with Gasteiger partial charge in [-0.15, -0.1) is 0 Å². The minimum Gasteiger partial charge on any atom is -0.508 e. The first-order chi connectivity index (χ1) is 19.9. The Bertz CT molecular complexity index is 1630. The van der Waals surface area contributed by atoms with Gasteiger partial charge in [0, 0.05) is 55.8 Å². The number of aromatic nitrogens is 2. The molecule has 2 N–H and O–H groups in total. The summed E-state index contributed by atoms with van der Waals surface area (Å²) in [4.78, 5) is 13.9. The maximum Gasteiger partial charge on any atom is 0.319 e. The highest BCUT2D eigenvalue weighted by atomic mass is 35.5. The Labute approximate surface area is 243 Å². The Morgan fingerprint density at radius 3 is 2.61 bits per heavy atom. The summed E-state index contributed by atoms with van der Waals surface area (Å²) < 4.78 is 28.4. The molecule has 4 aromatic rings. The molecule has 0 spiro atoms. The quantitative estimate of drug-likeness (QED) is 0.332. The highest BCUT2D eigenvalue weighted by Crippen LogP contribution is 2.43. The summed E-state index contributed by atoms with van der Waals surface area (Å²) in [5, 5.41) is 16.5. The average molecular weight is 578 g/mol. The number of ether oxygens (including phenoxy) is 2. The van der Waals surface area contributed by atoms with Crippen molar-refractivity contribution >= 4 is 39.1 Å². The van der Waals surface area contributed by atoms with Crippen molar-refractivity contribution in [3.63, 3.8) is 0 Å². The number of phenolic OH excluding ortho intramolecular Hbond substituents is 1. The second-order valence-corrected chi connectivity index (χ2v) is 11.9. The number of methoxy groups -OCH3 is 1. The summed E-state index contributed by atoms with van der Waals surface area (Å²) in [5.74, 6) is 0.103. The molecule has 2 bridgehead atoms. The fraction of sp³-hybridized carbons (Fsp3) is 0.419. The van der Waals surface area contributed by atoms with E-state index < -0.39 is 5.82 Å². The van der Waals surface area contributed by atoms with Crippen LogP contribution >= 0.6 is 11.6 Å². The molecule has 41 heavy (non-hydrogen) atoms. The highest BCUT2D eigenvalue weighted by Gasteiger charge is 2.35. The molecule has 7 rings (SSSR count). The molecule has 3 fully saturated rings. The number of nitrogens with zero attached hydrogens (tertiary/aromatic N) is 4. The standard InChI is InChI=1S/C31H33ClFN5O3/c1-37-15-22(40-2)10-20(37)16-41-31-35-29-25(30(36-31)38-13-18-7-8-19(14-38)34-18)12-26(32)27(28(29)33)24-11-21(39)9-17-5-3-4-6-23(17)24/h3-6,9,11-12,18-20,22,34,39H,7-8,10,13-16H2,1-2H3/t18?,19?,20-,22+/m0/s1. The first-order valence-electron chi connectivity index (χ1n) is 14.2. The van der Waals surface area contributed by atoms with Gasteiger partial charge in [0.2, 0.25) is 0 Å². The zero-order chi connectivity index (χ0) is 28.2. The predicted octanol–water partition coefficient (Wildman–Crippen LogP) is 4.99. The molecular formula is C31H33ClFN5O3. The molecule has 8 nitrogen and oxygen atoms in total. The number of aromatic hydroxyl groups is 1. The van der Waals surface area contributed by atoms with E-state index in [-0.39, 0.29) is 40.0 Å². The minimum absolute atomic E-state index is 0.0352. The van der Waals surface area contributed by atoms with E-state index in [0.717, 1.165) is 49.7 Å². The van der Waals surface area contributed by atoms with Gasteiger partial charge in [-0.1, -0.05) is 35.9 Å². The summed E-state index contributed by atoms with van der Waals surface area (Å²) in [6.07, 6.45) is 3.20. The molecule has 0 aliphatic carbocycles. The van der Waals surface area contributed by atoms with Gasteiger partial charge in [0.05, 0.1) is 11.1 Å². The van der Waals surface area contributed by atoms with Crippen molar-refractivity contribution in [1.82, 2.24) is 20.2 Å². The summed E-state index contributed by atoms with van der Waals surface area (Å²) in [5.41, 5.74) is 0.851. The smallest absolute Gasteiger partial charge is 0.319 e. The number of hydrogen-bond donors (Lipinski definition) is 2. The number of rotatable bonds is 6. The summed E-state index contributed by atoms with van der Waals surface area (Å²) in [6.45, 7) is 2.72. The average Bonchev–Trinajstić information content (AvgIpc) is 3.51. The number of hydrogen-bond acceptors (Lipinski definition) is 8. The van der Waals surface area contributed by atoms with Crippen molar-refractivity contribution in [2.45, 2.75) is 43.5 Å². The van der Waals surface area contributed by atoms with Crippen LogP contribution in [0.4, 0.5) is 10.2 Å². The molecule has 4 atom stereocenters. The number of phenols is 1. The van der Waals surface area contributed by atoms with Gasteiger partial charge >= 0.3 is 6.01 Å². The number of likely N-dealkylation sites (tertiary alicyclic amines) is 1. The predicted molar refractivity (Wildman–Crippen MR) is 159 cm³/mol. The molecule has 214 valence electrons. The van der Waals surface area contributed by atoms with Crippen LogP contribution in [-0.4, -0.2) is 84.6 Å². The number of halogens is 2. The molecular weight excluding hydrogens is 545 g/mol. The third kappa shape index (κ3) is 4.84. The van der Waals surface area contributed by atoms with Crippen LogP contribution in [0, 0.1) is 5.82 Å². The number of fused-ring (bicyclic) bond motifs is 4. The topological polar surface area (TPSA) is 83.0 Å². The van der Waals surface area contributed by atoms with E-state index >= 15 is 4.39 Å². The van der Waals surface area contributed by atoms with E-state index in [9.17, 15) is 5.11 Å². The molecule has 3 saturated heterocycles. The fourth-order valence-electron chi connectivity index (χ4n) is 6.75. The molecule has 3 aliphatic rings. The van der Waals surface area contributed by atoms with Crippen LogP contribution in [0.5, 0.6) is 11.8 Å². The molecule has 0 saturated carbocycles. The third-order valence-corrected chi connectivity index (χ3v) is 9.16. The SMILES string of the molecule is CO[C@@H]1C[C@@H](COc2nc(N3CC4CCC(C3)N4)c3cc(Cl)c(-c4cc(O)cc5ccccc45)c(F)c3n2)N(C)C1. The molecule has 0 radical (unpaired) electrons. The molecule has 3 aliphatic heterocycles. The number of benzene rings is 3. The largest absolute Gasteiger partial charge is 0.508 e. The fourth-order valence-corrected chi connectivity index (χ4v) is 7.04. The highest BCUT2D eigenvalue weighted by molar-refractivity contribution is 6.35. The lowest BCUT2D eigenvalue weighted by molar-refractivity contribution is 0.111. The van der Waals surface area contributed by atoms with Crippen molar-refractivity contribution in [3.8, 4) is 22.9 Å². The first kappa shape index (κ1) is 26.6. The van der Waals surface area contributed by atoms with Gasteiger partial charge in [-0.2, -0.15) is 9.97 Å². The molecule has 1 aromatic heterocycles. The Hall–Kier alpha value is -3.24. The lowest BCUT2D eigenvalue weighted by atomic mass is 9.96. The second-order valence-electron chi connectivity index (χ2n) is 11.5. The van der Waals surface area contributed by atoms with Crippen molar-refractivity contribution in [2.75, 3.05) is 45.3 Å². The molecule has 4 heterocycles. The first-order valence-corrected chi connectivity index (χ1v) is 14.5. The second kappa shape index (κ2) is 10.5. The van der Waals surface area contributed by atoms with Gasteiger partial charge in [-0.05, 0) is 60.8 Å². The molecule has 10 heteroatoms. The summed E-state index contributed by atoms with van der Waals surface area (Å²) >= 11 is 6.85. The van der Waals surface area contributed by atoms with E-state index in [4.69, 9.17) is 26.1 Å². The van der Waals surface area contributed by atoms with Crippen LogP contribution in [-0.2, 0) is 4.74 Å². The maximum absolute atomic E-state index is 16.7. The van der Waals surface area contributed by atoms with Gasteiger partial charge in [0.15, 0.2) is 5.82 Å². The Morgan fingerprint density at radius 1 is 1.07 bits per heavy atom. The molecule has 2 unspecified atom stereocenters. The summed E-state index contributed by atoms with van der Waals surface area (Å²) in [6, 6.07) is 13.5. The number of nitrogens with one attached hydrogen (secondary N) is 1. The van der Waals surface area contributed by atoms with E-state index in [2.05, 4.69) is 20.1 Å². The Balaban J connectivity index is 1.35. The molecule has 0 amide bonds. The van der Waals surface area contributed by atoms with Crippen molar-refractivity contribution in [2.24, 2.45) is 0 Å². The van der Waals surface area contributed by atoms with E-state index in [1.807, 2.05) is 31.3 Å². The lowest BCUT2D eigenvalue weighted by Gasteiger charge is -2.34. The Morgan fingerprint density at radius 2 is 1.85 bits per heavy atom. The van der Waals surface area contributed by atoms with Crippen LogP contribution < -0.4 is 15.0 Å². The van der Waals surface area contributed by atoms with Crippen LogP contribution in [0.25, 0.3) is 32.8 Å². The van der Waals surface area contributed by atoms with Crippen molar-refractivity contribution in [1.29, 1.82) is 0 Å². The van der Waals surface area contributed by atoms with Gasteiger partial charge in [-0.25, -0.2) is 4.39 Å². The van der Waals surface area contributed by atoms with E-state index in [1.165, 1.54) is 0 Å². The third-order valence-electron chi connectivity index (χ3n) is 8.86. The number of likely N-dealkylation sites (N-methyl/N-ethyl adjacent to an activating group) is 1. The van der Waals surface area contributed by atoms with Crippen LogP contribution in [0.2, 0.25) is 5.02 Å². The van der Waals surface area contributed by atoms with Crippen molar-refractivity contribution < 1.29 is 19.0 Å². The van der Waals surface area contributed by atoms with Gasteiger partial charge in [-0.3, -0.25) is 4.90 Å². The van der Waals surface area contributed by atoms with Gasteiger partial charge in [0.25, 0.3) is 0 Å². The molecule has 3 aromatic carbocycles. The van der Waals surface area contributed by atoms with E-state index in [0.29, 0.717) is 35.5 Å². The van der Waals surface area contributed by atoms with Gasteiger partial charge < -0.3 is 24.8 Å². The Kier molecular flexibility index (Phi) is 6.85. The number of piperazine rings is 1. The zero-order valence-corrected chi connectivity index (χ0v) is 23.9. The van der Waals surface area contributed by atoms with Crippen LogP contribution in [0.15, 0.2) is 42.5 Å². The van der Waals surface area contributed by atoms with Crippen LogP contribution in [0.3, 0.4) is 0 Å². The lowest BCUT2D eigenvalue weighted by Crippen LogP contribution is -2.51. The van der Waals surface area contributed by atoms with Crippen molar-refractivity contribution in [3.05, 3.63) is 53.3 Å². The minimum atomic E-state index is -0.563. The number of anilines is 1. The monoisotopic (exact) mass is 577 g/mol. The van der Waals surface area contributed by atoms with Gasteiger partial charge in [0.1, 0.15) is 23.7 Å².